The molecular weight excluding hydrogens is 147 g/mol. The molecule has 11 heavy (non-hydrogen) atoms. The molecule has 0 aliphatic carbocycles. The predicted molar refractivity (Wildman–Crippen MR) is 41.0 cm³/mol. The molecule has 0 amide bonds. The number of hydrogen-bond acceptors (Lipinski definition) is 2. The molecule has 0 saturated heterocycles. The van der Waals surface area contributed by atoms with Crippen LogP contribution in [-0.4, -0.2) is 19.3 Å². The molecule has 0 spiro atoms. The van der Waals surface area contributed by atoms with Crippen molar-refractivity contribution >= 4 is 5.97 Å². The Morgan fingerprint density at radius 3 is 2.73 bits per heavy atom. The van der Waals surface area contributed by atoms with Crippen molar-refractivity contribution in [1.82, 2.24) is 0 Å². The molecule has 0 saturated carbocycles. The lowest BCUT2D eigenvalue weighted by Crippen LogP contribution is -2.09. The van der Waals surface area contributed by atoms with Crippen LogP contribution in [0.4, 0.5) is 4.39 Å². The van der Waals surface area contributed by atoms with E-state index in [0.29, 0.717) is 6.61 Å². The minimum absolute atomic E-state index is 0.110. The van der Waals surface area contributed by atoms with Crippen LogP contribution in [0.3, 0.4) is 0 Å². The lowest BCUT2D eigenvalue weighted by Gasteiger charge is -2.02. The molecule has 2 nitrogen and oxygen atoms in total. The van der Waals surface area contributed by atoms with Gasteiger partial charge < -0.3 is 4.74 Å². The molecule has 64 valence electrons. The summed E-state index contributed by atoms with van der Waals surface area (Å²) in [6, 6.07) is 0. The summed E-state index contributed by atoms with van der Waals surface area (Å²) in [7, 11) is 0. The van der Waals surface area contributed by atoms with Crippen LogP contribution in [0.2, 0.25) is 0 Å². The second kappa shape index (κ2) is 5.89. The van der Waals surface area contributed by atoms with Gasteiger partial charge in [0.05, 0.1) is 12.2 Å². The van der Waals surface area contributed by atoms with Crippen molar-refractivity contribution in [2.45, 2.75) is 19.8 Å². The molecule has 0 bridgehead atoms. The normalized spacial score (nSPS) is 9.27. The van der Waals surface area contributed by atoms with Crippen LogP contribution >= 0.6 is 0 Å². The highest BCUT2D eigenvalue weighted by Crippen LogP contribution is 1.97. The maximum absolute atomic E-state index is 11.7. The minimum Gasteiger partial charge on any atom is -0.462 e. The molecule has 0 aromatic heterocycles. The second-order valence-corrected chi connectivity index (χ2v) is 2.23. The van der Waals surface area contributed by atoms with Crippen molar-refractivity contribution in [2.75, 3.05) is 13.3 Å². The van der Waals surface area contributed by atoms with Crippen LogP contribution in [0.15, 0.2) is 12.2 Å². The van der Waals surface area contributed by atoms with Crippen molar-refractivity contribution in [3.63, 3.8) is 0 Å². The lowest BCUT2D eigenvalue weighted by atomic mass is 10.3. The first-order chi connectivity index (χ1) is 5.22. The van der Waals surface area contributed by atoms with E-state index in [0.717, 1.165) is 12.8 Å². The topological polar surface area (TPSA) is 26.3 Å². The van der Waals surface area contributed by atoms with Crippen LogP contribution in [0.1, 0.15) is 19.8 Å². The SMILES string of the molecule is C=C(CF)C(=O)OCCCC. The average Bonchev–Trinajstić information content (AvgIpc) is 2.03. The van der Waals surface area contributed by atoms with Crippen molar-refractivity contribution in [2.24, 2.45) is 0 Å². The van der Waals surface area contributed by atoms with Crippen LogP contribution < -0.4 is 0 Å². The van der Waals surface area contributed by atoms with Crippen LogP contribution in [-0.2, 0) is 9.53 Å². The fraction of sp³-hybridized carbons (Fsp3) is 0.625. The van der Waals surface area contributed by atoms with E-state index < -0.39 is 12.6 Å². The highest BCUT2D eigenvalue weighted by Gasteiger charge is 2.06. The number of unbranched alkanes of at least 4 members (excludes halogenated alkanes) is 1. The van der Waals surface area contributed by atoms with Crippen molar-refractivity contribution < 1.29 is 13.9 Å². The largest absolute Gasteiger partial charge is 0.462 e. The maximum atomic E-state index is 11.7. The molecule has 0 unspecified atom stereocenters. The maximum Gasteiger partial charge on any atom is 0.336 e. The highest BCUT2D eigenvalue weighted by molar-refractivity contribution is 5.87. The van der Waals surface area contributed by atoms with Gasteiger partial charge in [-0.2, -0.15) is 0 Å². The second-order valence-electron chi connectivity index (χ2n) is 2.23. The van der Waals surface area contributed by atoms with Gasteiger partial charge >= 0.3 is 5.97 Å². The molecular formula is C8H13FO2. The summed E-state index contributed by atoms with van der Waals surface area (Å²) in [6.45, 7) is 4.71. The van der Waals surface area contributed by atoms with E-state index in [1.165, 1.54) is 0 Å². The van der Waals surface area contributed by atoms with Gasteiger partial charge in [-0.1, -0.05) is 19.9 Å². The van der Waals surface area contributed by atoms with Crippen LogP contribution in [0.5, 0.6) is 0 Å². The molecule has 0 atom stereocenters. The Labute approximate surface area is 66.0 Å². The minimum atomic E-state index is -0.828. The first kappa shape index (κ1) is 10.1. The Morgan fingerprint density at radius 2 is 2.27 bits per heavy atom. The number of alkyl halides is 1. The third kappa shape index (κ3) is 4.53. The number of ether oxygens (including phenoxy) is 1. The van der Waals surface area contributed by atoms with Gasteiger partial charge in [-0.05, 0) is 6.42 Å². The first-order valence-electron chi connectivity index (χ1n) is 3.63. The Kier molecular flexibility index (Phi) is 5.43. The monoisotopic (exact) mass is 160 g/mol. The van der Waals surface area contributed by atoms with Crippen molar-refractivity contribution in [1.29, 1.82) is 0 Å². The van der Waals surface area contributed by atoms with Gasteiger partial charge in [0, 0.05) is 0 Å². The van der Waals surface area contributed by atoms with Gasteiger partial charge in [0.1, 0.15) is 6.67 Å². The number of esters is 1. The molecule has 0 aliphatic heterocycles. The number of carbonyl (C=O) groups excluding carboxylic acids is 1. The van der Waals surface area contributed by atoms with E-state index in [4.69, 9.17) is 0 Å². The van der Waals surface area contributed by atoms with Gasteiger partial charge in [0.2, 0.25) is 0 Å². The van der Waals surface area contributed by atoms with Crippen LogP contribution in [0, 0.1) is 0 Å². The molecule has 0 fully saturated rings. The molecule has 0 aliphatic rings. The van der Waals surface area contributed by atoms with E-state index >= 15 is 0 Å². The van der Waals surface area contributed by atoms with Crippen LogP contribution in [0.25, 0.3) is 0 Å². The third-order valence-corrected chi connectivity index (χ3v) is 1.18. The smallest absolute Gasteiger partial charge is 0.336 e. The zero-order valence-corrected chi connectivity index (χ0v) is 6.73. The van der Waals surface area contributed by atoms with E-state index in [1.807, 2.05) is 6.92 Å². The molecule has 0 aromatic carbocycles. The highest BCUT2D eigenvalue weighted by atomic mass is 19.1. The van der Waals surface area contributed by atoms with Gasteiger partial charge in [-0.25, -0.2) is 9.18 Å². The zero-order chi connectivity index (χ0) is 8.69. The molecule has 0 radical (unpaired) electrons. The fourth-order valence-electron chi connectivity index (χ4n) is 0.466. The number of halogens is 1. The average molecular weight is 160 g/mol. The Hall–Kier alpha value is -0.860. The van der Waals surface area contributed by atoms with Gasteiger partial charge in [-0.15, -0.1) is 0 Å². The molecule has 0 heterocycles. The lowest BCUT2D eigenvalue weighted by molar-refractivity contribution is -0.139. The summed E-state index contributed by atoms with van der Waals surface area (Å²) >= 11 is 0. The molecule has 3 heteroatoms. The summed E-state index contributed by atoms with van der Waals surface area (Å²) in [4.78, 5) is 10.7. The number of carbonyl (C=O) groups is 1. The van der Waals surface area contributed by atoms with E-state index in [9.17, 15) is 9.18 Å². The molecule has 0 aromatic rings. The van der Waals surface area contributed by atoms with E-state index in [2.05, 4.69) is 11.3 Å². The Bertz CT molecular complexity index is 143. The fourth-order valence-corrected chi connectivity index (χ4v) is 0.466. The van der Waals surface area contributed by atoms with Gasteiger partial charge in [-0.3, -0.25) is 0 Å². The van der Waals surface area contributed by atoms with E-state index in [-0.39, 0.29) is 5.57 Å². The van der Waals surface area contributed by atoms with Gasteiger partial charge in [0.15, 0.2) is 0 Å². The number of rotatable bonds is 5. The third-order valence-electron chi connectivity index (χ3n) is 1.18. The van der Waals surface area contributed by atoms with Crippen molar-refractivity contribution in [3.8, 4) is 0 Å². The van der Waals surface area contributed by atoms with Gasteiger partial charge in [0.25, 0.3) is 0 Å². The predicted octanol–water partition coefficient (Wildman–Crippen LogP) is 1.86. The summed E-state index contributed by atoms with van der Waals surface area (Å²) in [5.41, 5.74) is -0.110. The zero-order valence-electron chi connectivity index (χ0n) is 6.73. The van der Waals surface area contributed by atoms with E-state index in [1.54, 1.807) is 0 Å². The molecule has 0 N–H and O–H groups in total. The number of hydrogen-bond donors (Lipinski definition) is 0. The summed E-state index contributed by atoms with van der Waals surface area (Å²) in [6.07, 6.45) is 1.76. The summed E-state index contributed by atoms with van der Waals surface area (Å²) in [5.74, 6) is -0.624. The quantitative estimate of drug-likeness (QED) is 0.348. The Balaban J connectivity index is 3.44. The summed E-state index contributed by atoms with van der Waals surface area (Å²) in [5, 5.41) is 0. The summed E-state index contributed by atoms with van der Waals surface area (Å²) < 4.78 is 16.4. The van der Waals surface area contributed by atoms with Crippen molar-refractivity contribution in [3.05, 3.63) is 12.2 Å². The molecule has 0 rings (SSSR count). The Morgan fingerprint density at radius 1 is 1.64 bits per heavy atom. The first-order valence-corrected chi connectivity index (χ1v) is 3.63. The standard InChI is InChI=1S/C8H13FO2/c1-3-4-5-11-8(10)7(2)6-9/h2-6H2,1H3.